The van der Waals surface area contributed by atoms with E-state index in [9.17, 15) is 9.59 Å². The summed E-state index contributed by atoms with van der Waals surface area (Å²) < 4.78 is 13.5. The Balaban J connectivity index is 1.88. The zero-order valence-corrected chi connectivity index (χ0v) is 21.4. The summed E-state index contributed by atoms with van der Waals surface area (Å²) in [7, 11) is 1.58. The molecule has 8 heteroatoms. The highest BCUT2D eigenvalue weighted by atomic mass is 79.9. The van der Waals surface area contributed by atoms with E-state index in [1.54, 1.807) is 37.7 Å². The molecule has 0 radical (unpaired) electrons. The Bertz CT molecular complexity index is 1470. The van der Waals surface area contributed by atoms with Gasteiger partial charge in [-0.2, -0.15) is 0 Å². The van der Waals surface area contributed by atoms with Gasteiger partial charge >= 0.3 is 5.97 Å². The van der Waals surface area contributed by atoms with E-state index in [1.165, 1.54) is 11.3 Å². The van der Waals surface area contributed by atoms with Crippen molar-refractivity contribution >= 4 is 45.4 Å². The molecule has 2 heterocycles. The molecule has 0 saturated carbocycles. The molecule has 6 nitrogen and oxygen atoms in total. The largest absolute Gasteiger partial charge is 0.496 e. The monoisotopic (exact) mass is 538 g/mol. The maximum atomic E-state index is 13.5. The maximum Gasteiger partial charge on any atom is 0.338 e. The molecule has 0 fully saturated rings. The fourth-order valence-electron chi connectivity index (χ4n) is 3.78. The van der Waals surface area contributed by atoms with Crippen molar-refractivity contribution in [3.05, 3.63) is 101 Å². The van der Waals surface area contributed by atoms with Crippen LogP contribution in [0.2, 0.25) is 0 Å². The first kappa shape index (κ1) is 23.9. The average Bonchev–Trinajstić information content (AvgIpc) is 3.13. The molecule has 0 saturated heterocycles. The lowest BCUT2D eigenvalue weighted by Crippen LogP contribution is -2.39. The highest BCUT2D eigenvalue weighted by molar-refractivity contribution is 9.10. The standard InChI is InChI=1S/C26H23BrN2O4S/c1-4-33-25(31)22-16(2)28-26-29(23(22)18-13-14-20(32-3)19(27)15-18)24(30)21(34-26)12-8-11-17-9-6-5-7-10-17/h5-15,23H,4H2,1-3H3/b11-8+,21-12+/t23-/m0/s1. The number of hydrogen-bond acceptors (Lipinski definition) is 6. The van der Waals surface area contributed by atoms with Crippen LogP contribution in [0.4, 0.5) is 0 Å². The molecule has 1 aliphatic heterocycles. The number of halogens is 1. The van der Waals surface area contributed by atoms with E-state index >= 15 is 0 Å². The smallest absolute Gasteiger partial charge is 0.338 e. The number of carbonyl (C=O) groups is 1. The number of ether oxygens (including phenoxy) is 2. The Hall–Kier alpha value is -3.23. The van der Waals surface area contributed by atoms with Crippen LogP contribution in [0.5, 0.6) is 5.75 Å². The number of allylic oxidation sites excluding steroid dienone is 2. The number of rotatable bonds is 6. The lowest BCUT2D eigenvalue weighted by atomic mass is 9.96. The normalized spacial score (nSPS) is 15.9. The van der Waals surface area contributed by atoms with Gasteiger partial charge in [0.15, 0.2) is 4.80 Å². The minimum atomic E-state index is -0.669. The van der Waals surface area contributed by atoms with Crippen LogP contribution in [0.15, 0.2) is 80.1 Å². The molecule has 0 unspecified atom stereocenters. The molecule has 2 aromatic carbocycles. The second-order valence-electron chi connectivity index (χ2n) is 7.49. The molecule has 0 spiro atoms. The quantitative estimate of drug-likeness (QED) is 0.440. The topological polar surface area (TPSA) is 69.9 Å². The van der Waals surface area contributed by atoms with Crippen LogP contribution in [0.25, 0.3) is 12.2 Å². The van der Waals surface area contributed by atoms with Crippen LogP contribution >= 0.6 is 27.3 Å². The average molecular weight is 539 g/mol. The fourth-order valence-corrected chi connectivity index (χ4v) is 5.34. The van der Waals surface area contributed by atoms with Gasteiger partial charge < -0.3 is 9.47 Å². The lowest BCUT2D eigenvalue weighted by molar-refractivity contribution is -0.139. The molecule has 1 atom stereocenters. The molecular formula is C26H23BrN2O4S. The van der Waals surface area contributed by atoms with Crippen LogP contribution in [0.3, 0.4) is 0 Å². The number of carbonyl (C=O) groups excluding carboxylic acids is 1. The Kier molecular flexibility index (Phi) is 7.29. The summed E-state index contributed by atoms with van der Waals surface area (Å²) in [5.41, 5.74) is 2.44. The number of hydrogen-bond donors (Lipinski definition) is 0. The van der Waals surface area contributed by atoms with Crippen molar-refractivity contribution < 1.29 is 14.3 Å². The Morgan fingerprint density at radius 3 is 2.68 bits per heavy atom. The third kappa shape index (κ3) is 4.69. The van der Waals surface area contributed by atoms with E-state index in [-0.39, 0.29) is 12.2 Å². The highest BCUT2D eigenvalue weighted by Crippen LogP contribution is 2.34. The van der Waals surface area contributed by atoms with Gasteiger partial charge in [0.05, 0.1) is 40.0 Å². The van der Waals surface area contributed by atoms with Crippen molar-refractivity contribution in [2.75, 3.05) is 13.7 Å². The van der Waals surface area contributed by atoms with Gasteiger partial charge in [0.2, 0.25) is 0 Å². The molecule has 3 aromatic rings. The summed E-state index contributed by atoms with van der Waals surface area (Å²) in [6, 6.07) is 14.7. The van der Waals surface area contributed by atoms with Gasteiger partial charge in [-0.1, -0.05) is 59.9 Å². The molecule has 1 aromatic heterocycles. The van der Waals surface area contributed by atoms with Crippen molar-refractivity contribution in [1.29, 1.82) is 0 Å². The summed E-state index contributed by atoms with van der Waals surface area (Å²) in [6.07, 6.45) is 5.56. The first-order valence-corrected chi connectivity index (χ1v) is 12.3. The molecule has 0 N–H and O–H groups in total. The molecule has 0 amide bonds. The summed E-state index contributed by atoms with van der Waals surface area (Å²) in [4.78, 5) is 31.6. The molecule has 0 aliphatic carbocycles. The van der Waals surface area contributed by atoms with E-state index in [1.807, 2.05) is 54.6 Å². The van der Waals surface area contributed by atoms with Crippen molar-refractivity contribution in [1.82, 2.24) is 4.57 Å². The van der Waals surface area contributed by atoms with Gasteiger partial charge in [0.25, 0.3) is 5.56 Å². The number of aromatic nitrogens is 1. The molecule has 174 valence electrons. The van der Waals surface area contributed by atoms with Crippen molar-refractivity contribution in [2.45, 2.75) is 19.9 Å². The van der Waals surface area contributed by atoms with Crippen LogP contribution in [0.1, 0.15) is 31.0 Å². The molecule has 0 bridgehead atoms. The van der Waals surface area contributed by atoms with E-state index in [4.69, 9.17) is 9.47 Å². The molecule has 1 aliphatic rings. The lowest BCUT2D eigenvalue weighted by Gasteiger charge is -2.25. The zero-order chi connectivity index (χ0) is 24.2. The van der Waals surface area contributed by atoms with Gasteiger partial charge in [0.1, 0.15) is 5.75 Å². The first-order chi connectivity index (χ1) is 16.4. The highest BCUT2D eigenvalue weighted by Gasteiger charge is 2.33. The number of benzene rings is 2. The number of esters is 1. The van der Waals surface area contributed by atoms with Gasteiger partial charge in [-0.05, 0) is 59.1 Å². The van der Waals surface area contributed by atoms with Gasteiger partial charge in [-0.3, -0.25) is 9.36 Å². The van der Waals surface area contributed by atoms with E-state index in [0.29, 0.717) is 26.4 Å². The predicted octanol–water partition coefficient (Wildman–Crippen LogP) is 4.23. The number of methoxy groups -OCH3 is 1. The molecule has 4 rings (SSSR count). The van der Waals surface area contributed by atoms with Crippen molar-refractivity contribution in [3.8, 4) is 5.75 Å². The second kappa shape index (κ2) is 10.4. The minimum Gasteiger partial charge on any atom is -0.496 e. The number of nitrogens with zero attached hydrogens (tertiary/aromatic N) is 2. The van der Waals surface area contributed by atoms with Crippen LogP contribution in [-0.4, -0.2) is 24.3 Å². The van der Waals surface area contributed by atoms with E-state index < -0.39 is 12.0 Å². The Labute approximate surface area is 209 Å². The molecular weight excluding hydrogens is 516 g/mol. The summed E-state index contributed by atoms with van der Waals surface area (Å²) in [6.45, 7) is 3.74. The third-order valence-electron chi connectivity index (χ3n) is 5.34. The van der Waals surface area contributed by atoms with Gasteiger partial charge in [0, 0.05) is 0 Å². The zero-order valence-electron chi connectivity index (χ0n) is 18.9. The Morgan fingerprint density at radius 1 is 1.24 bits per heavy atom. The molecule has 34 heavy (non-hydrogen) atoms. The SMILES string of the molecule is CCOC(=O)C1=C(C)N=c2s/c(=C/C=C/c3ccccc3)c(=O)n2[C@H]1c1ccc(OC)c(Br)c1. The van der Waals surface area contributed by atoms with Crippen LogP contribution in [-0.2, 0) is 9.53 Å². The first-order valence-electron chi connectivity index (χ1n) is 10.7. The minimum absolute atomic E-state index is 0.215. The van der Waals surface area contributed by atoms with Gasteiger partial charge in [-0.15, -0.1) is 0 Å². The number of thiazole rings is 1. The van der Waals surface area contributed by atoms with Crippen LogP contribution < -0.4 is 19.6 Å². The van der Waals surface area contributed by atoms with E-state index in [2.05, 4.69) is 20.9 Å². The predicted molar refractivity (Wildman–Crippen MR) is 137 cm³/mol. The van der Waals surface area contributed by atoms with Crippen LogP contribution in [0, 0.1) is 0 Å². The Morgan fingerprint density at radius 2 is 2.00 bits per heavy atom. The van der Waals surface area contributed by atoms with Crippen molar-refractivity contribution in [2.24, 2.45) is 4.99 Å². The summed E-state index contributed by atoms with van der Waals surface area (Å²) >= 11 is 4.81. The third-order valence-corrected chi connectivity index (χ3v) is 6.97. The van der Waals surface area contributed by atoms with Gasteiger partial charge in [-0.25, -0.2) is 9.79 Å². The summed E-state index contributed by atoms with van der Waals surface area (Å²) in [5, 5.41) is 0. The number of fused-ring (bicyclic) bond motifs is 1. The maximum absolute atomic E-state index is 13.5. The van der Waals surface area contributed by atoms with E-state index in [0.717, 1.165) is 15.6 Å². The fraction of sp³-hybridized carbons (Fsp3) is 0.192. The van der Waals surface area contributed by atoms with Crippen molar-refractivity contribution in [3.63, 3.8) is 0 Å². The second-order valence-corrected chi connectivity index (χ2v) is 9.35. The summed E-state index contributed by atoms with van der Waals surface area (Å²) in [5.74, 6) is 0.166.